The van der Waals surface area contributed by atoms with Crippen LogP contribution in [0.3, 0.4) is 0 Å². The molecule has 0 aliphatic carbocycles. The van der Waals surface area contributed by atoms with Gasteiger partial charge in [0.15, 0.2) is 0 Å². The lowest BCUT2D eigenvalue weighted by Crippen LogP contribution is -2.24. The van der Waals surface area contributed by atoms with Crippen LogP contribution in [0.4, 0.5) is 0 Å². The highest BCUT2D eigenvalue weighted by Crippen LogP contribution is 2.30. The Morgan fingerprint density at radius 2 is 1.82 bits per heavy atom. The van der Waals surface area contributed by atoms with Crippen molar-refractivity contribution in [2.75, 3.05) is 34.9 Å². The Labute approximate surface area is 224 Å². The number of aromatic nitrogens is 1. The van der Waals surface area contributed by atoms with E-state index in [0.717, 1.165) is 34.0 Å². The van der Waals surface area contributed by atoms with Crippen molar-refractivity contribution in [2.24, 2.45) is 0 Å². The van der Waals surface area contributed by atoms with Crippen molar-refractivity contribution in [3.63, 3.8) is 0 Å². The first-order valence-corrected chi connectivity index (χ1v) is 12.7. The number of benzene rings is 2. The van der Waals surface area contributed by atoms with Gasteiger partial charge in [-0.3, -0.25) is 9.59 Å². The van der Waals surface area contributed by atoms with Crippen molar-refractivity contribution in [1.29, 1.82) is 0 Å². The fraction of sp³-hybridized carbons (Fsp3) is 0.367. The van der Waals surface area contributed by atoms with E-state index < -0.39 is 5.97 Å². The van der Waals surface area contributed by atoms with Crippen LogP contribution in [-0.4, -0.2) is 62.1 Å². The van der Waals surface area contributed by atoms with E-state index in [4.69, 9.17) is 9.47 Å². The summed E-state index contributed by atoms with van der Waals surface area (Å²) in [5, 5.41) is 3.93. The number of esters is 1. The van der Waals surface area contributed by atoms with Crippen LogP contribution in [0.15, 0.2) is 48.2 Å². The second-order valence-corrected chi connectivity index (χ2v) is 9.44. The predicted octanol–water partition coefficient (Wildman–Crippen LogP) is 4.44. The normalized spacial score (nSPS) is 11.4. The number of fused-ring (bicyclic) bond motifs is 1. The molecule has 0 saturated heterocycles. The number of nitrogens with one attached hydrogen (secondary N) is 1. The molecule has 202 valence electrons. The third-order valence-corrected chi connectivity index (χ3v) is 6.42. The minimum absolute atomic E-state index is 0.0572. The lowest BCUT2D eigenvalue weighted by Gasteiger charge is -2.11. The molecule has 2 aromatic carbocycles. The fourth-order valence-corrected chi connectivity index (χ4v) is 4.28. The van der Waals surface area contributed by atoms with Gasteiger partial charge in [-0.05, 0) is 60.4 Å². The molecule has 8 nitrogen and oxygen atoms in total. The van der Waals surface area contributed by atoms with Crippen molar-refractivity contribution in [1.82, 2.24) is 14.8 Å². The molecule has 0 atom stereocenters. The van der Waals surface area contributed by atoms with Crippen LogP contribution in [0.2, 0.25) is 0 Å². The number of hydrogen-bond donors (Lipinski definition) is 1. The molecule has 1 heterocycles. The Morgan fingerprint density at radius 1 is 1.05 bits per heavy atom. The van der Waals surface area contributed by atoms with Gasteiger partial charge in [-0.2, -0.15) is 0 Å². The third kappa shape index (κ3) is 6.82. The number of methoxy groups -OCH3 is 2. The smallest absolute Gasteiger partial charge is 0.337 e. The minimum atomic E-state index is -0.424. The van der Waals surface area contributed by atoms with E-state index in [1.54, 1.807) is 38.2 Å². The first-order chi connectivity index (χ1) is 18.2. The van der Waals surface area contributed by atoms with Gasteiger partial charge in [-0.1, -0.05) is 19.1 Å². The molecule has 3 aromatic rings. The first-order valence-electron chi connectivity index (χ1n) is 12.7. The molecule has 3 rings (SSSR count). The molecule has 1 N–H and O–H groups in total. The maximum Gasteiger partial charge on any atom is 0.337 e. The highest BCUT2D eigenvalue weighted by Gasteiger charge is 2.16. The molecule has 0 bridgehead atoms. The summed E-state index contributed by atoms with van der Waals surface area (Å²) in [5.41, 5.74) is 4.93. The van der Waals surface area contributed by atoms with Crippen molar-refractivity contribution in [2.45, 2.75) is 39.7 Å². The topological polar surface area (TPSA) is 89.9 Å². The molecule has 0 radical (unpaired) electrons. The van der Waals surface area contributed by atoms with Gasteiger partial charge in [0.2, 0.25) is 11.8 Å². The summed E-state index contributed by atoms with van der Waals surface area (Å²) in [6.45, 7) is 5.00. The lowest BCUT2D eigenvalue weighted by atomic mass is 10.00. The van der Waals surface area contributed by atoms with Gasteiger partial charge in [-0.15, -0.1) is 0 Å². The lowest BCUT2D eigenvalue weighted by molar-refractivity contribution is -0.128. The number of ether oxygens (including phenoxy) is 2. The molecule has 0 saturated carbocycles. The van der Waals surface area contributed by atoms with Gasteiger partial charge in [0.1, 0.15) is 5.75 Å². The molecule has 8 heteroatoms. The Balaban J connectivity index is 2.03. The average Bonchev–Trinajstić information content (AvgIpc) is 3.26. The molecule has 0 spiro atoms. The van der Waals surface area contributed by atoms with Gasteiger partial charge in [0.05, 0.1) is 19.8 Å². The minimum Gasteiger partial charge on any atom is -0.496 e. The second-order valence-electron chi connectivity index (χ2n) is 9.44. The van der Waals surface area contributed by atoms with Gasteiger partial charge in [-0.25, -0.2) is 4.79 Å². The van der Waals surface area contributed by atoms with Crippen molar-refractivity contribution in [3.05, 3.63) is 70.4 Å². The number of hydrogen-bond acceptors (Lipinski definition) is 5. The summed E-state index contributed by atoms with van der Waals surface area (Å²) >= 11 is 0. The highest BCUT2D eigenvalue weighted by molar-refractivity contribution is 5.98. The van der Waals surface area contributed by atoms with Gasteiger partial charge in [0.25, 0.3) is 0 Å². The van der Waals surface area contributed by atoms with E-state index >= 15 is 0 Å². The summed E-state index contributed by atoms with van der Waals surface area (Å²) in [6.07, 6.45) is 5.76. The van der Waals surface area contributed by atoms with E-state index in [1.807, 2.05) is 38.1 Å². The Hall–Kier alpha value is -4.07. The Morgan fingerprint density at radius 3 is 2.47 bits per heavy atom. The van der Waals surface area contributed by atoms with Crippen LogP contribution in [0, 0.1) is 0 Å². The van der Waals surface area contributed by atoms with E-state index in [-0.39, 0.29) is 11.8 Å². The largest absolute Gasteiger partial charge is 0.496 e. The first kappa shape index (κ1) is 28.5. The summed E-state index contributed by atoms with van der Waals surface area (Å²) in [4.78, 5) is 38.2. The van der Waals surface area contributed by atoms with Crippen LogP contribution in [0.5, 0.6) is 5.75 Å². The van der Waals surface area contributed by atoms with Gasteiger partial charge < -0.3 is 24.3 Å². The number of nitrogens with zero attached hydrogens (tertiary/aromatic N) is 2. The van der Waals surface area contributed by atoms with E-state index in [2.05, 4.69) is 22.1 Å². The molecule has 0 fully saturated rings. The second kappa shape index (κ2) is 12.9. The van der Waals surface area contributed by atoms with E-state index in [1.165, 1.54) is 7.11 Å². The predicted molar refractivity (Wildman–Crippen MR) is 149 cm³/mol. The quantitative estimate of drug-likeness (QED) is 0.299. The number of carbonyl (C=O) groups is 3. The maximum absolute atomic E-state index is 12.4. The number of rotatable bonds is 11. The molecule has 2 amide bonds. The van der Waals surface area contributed by atoms with Crippen molar-refractivity contribution < 1.29 is 23.9 Å². The maximum atomic E-state index is 12.4. The molecule has 1 aromatic heterocycles. The van der Waals surface area contributed by atoms with Crippen LogP contribution in [0.25, 0.3) is 17.0 Å². The van der Waals surface area contributed by atoms with E-state index in [0.29, 0.717) is 42.8 Å². The molecular formula is C30H37N3O5. The zero-order valence-electron chi connectivity index (χ0n) is 23.1. The molecule has 0 unspecified atom stereocenters. The SMILES string of the molecule is CCCNC(=O)/C(C)=C\c1ccc2c(c1)c(Cc1ccc(C(=O)OC)cc1OC)cn2CCC(=O)N(C)C. The number of aryl methyl sites for hydroxylation is 1. The van der Waals surface area contributed by atoms with Crippen molar-refractivity contribution >= 4 is 34.8 Å². The van der Waals surface area contributed by atoms with Crippen LogP contribution in [0.1, 0.15) is 53.7 Å². The van der Waals surface area contributed by atoms with Crippen molar-refractivity contribution in [3.8, 4) is 5.75 Å². The number of amides is 2. The molecule has 38 heavy (non-hydrogen) atoms. The fourth-order valence-electron chi connectivity index (χ4n) is 4.28. The van der Waals surface area contributed by atoms with E-state index in [9.17, 15) is 14.4 Å². The zero-order valence-corrected chi connectivity index (χ0v) is 23.1. The van der Waals surface area contributed by atoms with Gasteiger partial charge in [0, 0.05) is 62.7 Å². The molecule has 0 aliphatic rings. The number of carbonyl (C=O) groups excluding carboxylic acids is 3. The third-order valence-electron chi connectivity index (χ3n) is 6.42. The average molecular weight is 520 g/mol. The Bertz CT molecular complexity index is 1350. The standard InChI is InChI=1S/C30H37N3O5/c1-7-13-31-29(35)20(2)15-21-8-11-26-25(16-21)24(19-33(26)14-12-28(34)32(3)4)17-22-9-10-23(30(36)38-6)18-27(22)37-5/h8-11,15-16,18-19H,7,12-14,17H2,1-6H3,(H,31,35)/b20-15-. The summed E-state index contributed by atoms with van der Waals surface area (Å²) < 4.78 is 12.5. The Kier molecular flexibility index (Phi) is 9.71. The van der Waals surface area contributed by atoms with Crippen LogP contribution in [-0.2, 0) is 27.3 Å². The monoisotopic (exact) mass is 519 g/mol. The van der Waals surface area contributed by atoms with Crippen LogP contribution >= 0.6 is 0 Å². The molecular weight excluding hydrogens is 482 g/mol. The zero-order chi connectivity index (χ0) is 27.8. The summed E-state index contributed by atoms with van der Waals surface area (Å²) in [5.74, 6) is 0.145. The van der Waals surface area contributed by atoms with Crippen LogP contribution < -0.4 is 10.1 Å². The summed E-state index contributed by atoms with van der Waals surface area (Å²) in [7, 11) is 6.43. The van der Waals surface area contributed by atoms with Gasteiger partial charge >= 0.3 is 5.97 Å². The highest BCUT2D eigenvalue weighted by atomic mass is 16.5. The summed E-state index contributed by atoms with van der Waals surface area (Å²) in [6, 6.07) is 11.4. The molecule has 0 aliphatic heterocycles.